The summed E-state index contributed by atoms with van der Waals surface area (Å²) in [6.45, 7) is 6.94. The number of aliphatic hydroxyl groups is 1. The molecular weight excluding hydrogens is 372 g/mol. The van der Waals surface area contributed by atoms with Crippen molar-refractivity contribution in [2.45, 2.75) is 38.6 Å². The molecule has 0 aliphatic rings. The number of rotatable bonds is 8. The first-order valence-corrected chi connectivity index (χ1v) is 10.4. The number of hydrogen-bond acceptors (Lipinski definition) is 5. The van der Waals surface area contributed by atoms with Crippen molar-refractivity contribution in [3.63, 3.8) is 0 Å². The molecule has 2 aromatic carbocycles. The molecule has 0 aliphatic carbocycles. The third-order valence-electron chi connectivity index (χ3n) is 4.24. The van der Waals surface area contributed by atoms with E-state index in [0.29, 0.717) is 34.3 Å². The number of aryl methyl sites for hydroxylation is 1. The van der Waals surface area contributed by atoms with Crippen LogP contribution in [0, 0.1) is 12.8 Å². The largest absolute Gasteiger partial charge is 0.491 e. The SMILES string of the molecule is Cc1ccc(OC[C@@H](O)CSc2nc3ccccc3c(=O)n2CC(C)C)cc1. The highest BCUT2D eigenvalue weighted by atomic mass is 32.2. The molecule has 0 saturated carbocycles. The highest BCUT2D eigenvalue weighted by molar-refractivity contribution is 7.99. The predicted octanol–water partition coefficient (Wildman–Crippen LogP) is 3.89. The Labute approximate surface area is 169 Å². The molecule has 1 aromatic heterocycles. The lowest BCUT2D eigenvalue weighted by Crippen LogP contribution is -2.26. The first-order chi connectivity index (χ1) is 13.4. The van der Waals surface area contributed by atoms with E-state index in [1.807, 2.05) is 49.4 Å². The molecule has 0 unspecified atom stereocenters. The van der Waals surface area contributed by atoms with Crippen molar-refractivity contribution in [3.8, 4) is 5.75 Å². The number of aliphatic hydroxyl groups excluding tert-OH is 1. The maximum absolute atomic E-state index is 12.9. The van der Waals surface area contributed by atoms with Gasteiger partial charge in [0.1, 0.15) is 12.4 Å². The van der Waals surface area contributed by atoms with Crippen LogP contribution in [0.2, 0.25) is 0 Å². The van der Waals surface area contributed by atoms with Gasteiger partial charge in [0.2, 0.25) is 0 Å². The van der Waals surface area contributed by atoms with Crippen molar-refractivity contribution in [1.82, 2.24) is 9.55 Å². The number of ether oxygens (including phenoxy) is 1. The molecule has 1 N–H and O–H groups in total. The van der Waals surface area contributed by atoms with Crippen LogP contribution in [-0.2, 0) is 6.54 Å². The minimum absolute atomic E-state index is 0.0350. The van der Waals surface area contributed by atoms with Crippen LogP contribution in [0.15, 0.2) is 58.5 Å². The zero-order valence-electron chi connectivity index (χ0n) is 16.5. The number of fused-ring (bicyclic) bond motifs is 1. The Hall–Kier alpha value is -2.31. The quantitative estimate of drug-likeness (QED) is 0.461. The molecule has 0 radical (unpaired) electrons. The van der Waals surface area contributed by atoms with Crippen molar-refractivity contribution < 1.29 is 9.84 Å². The van der Waals surface area contributed by atoms with Gasteiger partial charge in [-0.2, -0.15) is 0 Å². The number of nitrogens with zero attached hydrogens (tertiary/aromatic N) is 2. The fraction of sp³-hybridized carbons (Fsp3) is 0.364. The number of benzene rings is 2. The van der Waals surface area contributed by atoms with Gasteiger partial charge in [-0.3, -0.25) is 9.36 Å². The topological polar surface area (TPSA) is 64.3 Å². The molecule has 0 aliphatic heterocycles. The van der Waals surface area contributed by atoms with Gasteiger partial charge < -0.3 is 9.84 Å². The van der Waals surface area contributed by atoms with Crippen molar-refractivity contribution in [1.29, 1.82) is 0 Å². The van der Waals surface area contributed by atoms with Gasteiger partial charge in [0.25, 0.3) is 5.56 Å². The van der Waals surface area contributed by atoms with Gasteiger partial charge in [0.15, 0.2) is 5.16 Å². The van der Waals surface area contributed by atoms with Gasteiger partial charge in [-0.1, -0.05) is 55.4 Å². The van der Waals surface area contributed by atoms with Gasteiger partial charge in [0.05, 0.1) is 17.0 Å². The Morgan fingerprint density at radius 3 is 2.57 bits per heavy atom. The van der Waals surface area contributed by atoms with Crippen LogP contribution in [0.1, 0.15) is 19.4 Å². The van der Waals surface area contributed by atoms with Gasteiger partial charge in [-0.05, 0) is 37.1 Å². The van der Waals surface area contributed by atoms with E-state index in [1.54, 1.807) is 10.6 Å². The molecule has 3 aromatic rings. The van der Waals surface area contributed by atoms with E-state index in [9.17, 15) is 9.90 Å². The average Bonchev–Trinajstić information content (AvgIpc) is 2.68. The molecular formula is C22H26N2O3S. The van der Waals surface area contributed by atoms with E-state index in [0.717, 1.165) is 11.3 Å². The lowest BCUT2D eigenvalue weighted by Gasteiger charge is -2.16. The van der Waals surface area contributed by atoms with Crippen LogP contribution >= 0.6 is 11.8 Å². The maximum Gasteiger partial charge on any atom is 0.262 e. The van der Waals surface area contributed by atoms with Crippen LogP contribution in [0.5, 0.6) is 5.75 Å². The molecule has 0 saturated heterocycles. The minimum atomic E-state index is -0.665. The lowest BCUT2D eigenvalue weighted by molar-refractivity contribution is 0.126. The molecule has 3 rings (SSSR count). The van der Waals surface area contributed by atoms with Crippen molar-refractivity contribution in [3.05, 3.63) is 64.4 Å². The fourth-order valence-electron chi connectivity index (χ4n) is 2.83. The predicted molar refractivity (Wildman–Crippen MR) is 114 cm³/mol. The van der Waals surface area contributed by atoms with Crippen molar-refractivity contribution in [2.75, 3.05) is 12.4 Å². The van der Waals surface area contributed by atoms with Crippen LogP contribution in [0.4, 0.5) is 0 Å². The fourth-order valence-corrected chi connectivity index (χ4v) is 3.74. The second kappa shape index (κ2) is 9.26. The summed E-state index contributed by atoms with van der Waals surface area (Å²) in [5, 5.41) is 11.6. The monoisotopic (exact) mass is 398 g/mol. The normalized spacial score (nSPS) is 12.5. The molecule has 0 bridgehead atoms. The molecule has 1 atom stereocenters. The molecule has 0 amide bonds. The average molecular weight is 399 g/mol. The van der Waals surface area contributed by atoms with Crippen molar-refractivity contribution in [2.24, 2.45) is 5.92 Å². The summed E-state index contributed by atoms with van der Waals surface area (Å²) in [6.07, 6.45) is -0.665. The third kappa shape index (κ3) is 5.14. The van der Waals surface area contributed by atoms with Gasteiger partial charge in [0, 0.05) is 12.3 Å². The zero-order valence-corrected chi connectivity index (χ0v) is 17.3. The van der Waals surface area contributed by atoms with E-state index in [1.165, 1.54) is 11.8 Å². The lowest BCUT2D eigenvalue weighted by atomic mass is 10.2. The van der Waals surface area contributed by atoms with Gasteiger partial charge in [-0.25, -0.2) is 4.98 Å². The highest BCUT2D eigenvalue weighted by Crippen LogP contribution is 2.20. The minimum Gasteiger partial charge on any atom is -0.491 e. The first-order valence-electron chi connectivity index (χ1n) is 9.44. The Morgan fingerprint density at radius 2 is 1.86 bits per heavy atom. The summed E-state index contributed by atoms with van der Waals surface area (Å²) in [6, 6.07) is 15.1. The second-order valence-electron chi connectivity index (χ2n) is 7.31. The number of para-hydroxylation sites is 1. The Balaban J connectivity index is 1.71. The number of hydrogen-bond donors (Lipinski definition) is 1. The second-order valence-corrected chi connectivity index (χ2v) is 8.30. The maximum atomic E-state index is 12.9. The van der Waals surface area contributed by atoms with Crippen LogP contribution in [0.25, 0.3) is 10.9 Å². The summed E-state index contributed by atoms with van der Waals surface area (Å²) < 4.78 is 7.36. The van der Waals surface area contributed by atoms with Gasteiger partial charge >= 0.3 is 0 Å². The van der Waals surface area contributed by atoms with E-state index < -0.39 is 6.10 Å². The molecule has 1 heterocycles. The molecule has 6 heteroatoms. The standard InChI is InChI=1S/C22H26N2O3S/c1-15(2)12-24-21(26)19-6-4-5-7-20(19)23-22(24)28-14-17(25)13-27-18-10-8-16(3)9-11-18/h4-11,15,17,25H,12-14H2,1-3H3/t17-/m1/s1. The smallest absolute Gasteiger partial charge is 0.262 e. The Kier molecular flexibility index (Phi) is 6.75. The van der Waals surface area contributed by atoms with Crippen LogP contribution < -0.4 is 10.3 Å². The van der Waals surface area contributed by atoms with E-state index in [2.05, 4.69) is 18.8 Å². The summed E-state index contributed by atoms with van der Waals surface area (Å²) in [4.78, 5) is 17.6. The summed E-state index contributed by atoms with van der Waals surface area (Å²) in [5.74, 6) is 1.44. The molecule has 0 spiro atoms. The summed E-state index contributed by atoms with van der Waals surface area (Å²) in [7, 11) is 0. The first kappa shape index (κ1) is 20.4. The van der Waals surface area contributed by atoms with Crippen molar-refractivity contribution >= 4 is 22.7 Å². The Bertz CT molecular complexity index is 983. The highest BCUT2D eigenvalue weighted by Gasteiger charge is 2.15. The number of thioether (sulfide) groups is 1. The van der Waals surface area contributed by atoms with Crippen LogP contribution in [-0.4, -0.2) is 33.1 Å². The van der Waals surface area contributed by atoms with Gasteiger partial charge in [-0.15, -0.1) is 0 Å². The van der Waals surface area contributed by atoms with Crippen LogP contribution in [0.3, 0.4) is 0 Å². The molecule has 148 valence electrons. The zero-order chi connectivity index (χ0) is 20.1. The molecule has 0 fully saturated rings. The summed E-state index contributed by atoms with van der Waals surface area (Å²) >= 11 is 1.39. The Morgan fingerprint density at radius 1 is 1.14 bits per heavy atom. The summed E-state index contributed by atoms with van der Waals surface area (Å²) in [5.41, 5.74) is 1.81. The van der Waals surface area contributed by atoms with E-state index in [-0.39, 0.29) is 12.2 Å². The number of aromatic nitrogens is 2. The molecule has 5 nitrogen and oxygen atoms in total. The third-order valence-corrected chi connectivity index (χ3v) is 5.36. The van der Waals surface area contributed by atoms with E-state index in [4.69, 9.17) is 4.74 Å². The van der Waals surface area contributed by atoms with E-state index >= 15 is 0 Å². The molecule has 28 heavy (non-hydrogen) atoms.